The van der Waals surface area contributed by atoms with Gasteiger partial charge in [0.1, 0.15) is 30.8 Å². The smallest absolute Gasteiger partial charge is 0.338 e. The predicted molar refractivity (Wildman–Crippen MR) is 92.6 cm³/mol. The molecule has 138 valence electrons. The first-order valence-electron chi connectivity index (χ1n) is 7.84. The SMILES string of the molecule is COC(=O)c1ccc(OCC(O)COC(=O)c2ccc(OC)cc2)cc1. The molecule has 0 fully saturated rings. The van der Waals surface area contributed by atoms with Crippen LogP contribution in [0, 0.1) is 0 Å². The average Bonchev–Trinajstić information content (AvgIpc) is 2.70. The van der Waals surface area contributed by atoms with Gasteiger partial charge in [0.25, 0.3) is 0 Å². The van der Waals surface area contributed by atoms with Gasteiger partial charge >= 0.3 is 11.9 Å². The summed E-state index contributed by atoms with van der Waals surface area (Å²) >= 11 is 0. The average molecular weight is 360 g/mol. The molecule has 0 bridgehead atoms. The summed E-state index contributed by atoms with van der Waals surface area (Å²) in [5.74, 6) is 0.113. The molecule has 0 heterocycles. The van der Waals surface area contributed by atoms with Crippen molar-refractivity contribution in [3.05, 3.63) is 59.7 Å². The third-order valence-corrected chi connectivity index (χ3v) is 3.45. The van der Waals surface area contributed by atoms with Crippen molar-refractivity contribution >= 4 is 11.9 Å². The summed E-state index contributed by atoms with van der Waals surface area (Å²) in [7, 11) is 2.84. The molecule has 0 aromatic heterocycles. The van der Waals surface area contributed by atoms with Crippen LogP contribution in [0.3, 0.4) is 0 Å². The minimum Gasteiger partial charge on any atom is -0.497 e. The molecular weight excluding hydrogens is 340 g/mol. The number of esters is 2. The molecule has 26 heavy (non-hydrogen) atoms. The fourth-order valence-corrected chi connectivity index (χ4v) is 2.03. The Morgan fingerprint density at radius 3 is 1.92 bits per heavy atom. The van der Waals surface area contributed by atoms with Gasteiger partial charge in [-0.1, -0.05) is 0 Å². The van der Waals surface area contributed by atoms with Crippen LogP contribution in [0.5, 0.6) is 11.5 Å². The van der Waals surface area contributed by atoms with Gasteiger partial charge in [0.2, 0.25) is 0 Å². The number of carbonyl (C=O) groups excluding carboxylic acids is 2. The zero-order valence-electron chi connectivity index (χ0n) is 14.5. The van der Waals surface area contributed by atoms with E-state index >= 15 is 0 Å². The molecule has 0 aliphatic carbocycles. The summed E-state index contributed by atoms with van der Waals surface area (Å²) in [6.45, 7) is -0.265. The molecule has 1 N–H and O–H groups in total. The topological polar surface area (TPSA) is 91.3 Å². The number of ether oxygens (including phenoxy) is 4. The van der Waals surface area contributed by atoms with Crippen molar-refractivity contribution in [2.24, 2.45) is 0 Å². The molecule has 2 aromatic carbocycles. The second kappa shape index (κ2) is 9.43. The van der Waals surface area contributed by atoms with E-state index in [0.717, 1.165) is 0 Å². The van der Waals surface area contributed by atoms with E-state index in [0.29, 0.717) is 22.6 Å². The summed E-state index contributed by atoms with van der Waals surface area (Å²) in [5, 5.41) is 9.87. The lowest BCUT2D eigenvalue weighted by atomic mass is 10.2. The van der Waals surface area contributed by atoms with Crippen molar-refractivity contribution in [3.63, 3.8) is 0 Å². The Morgan fingerprint density at radius 1 is 0.846 bits per heavy atom. The number of aliphatic hydroxyl groups excluding tert-OH is 1. The van der Waals surface area contributed by atoms with Gasteiger partial charge in [-0.3, -0.25) is 0 Å². The van der Waals surface area contributed by atoms with Crippen molar-refractivity contribution in [3.8, 4) is 11.5 Å². The van der Waals surface area contributed by atoms with E-state index in [2.05, 4.69) is 4.74 Å². The predicted octanol–water partition coefficient (Wildman–Crippen LogP) is 2.08. The molecule has 2 aromatic rings. The number of aliphatic hydroxyl groups is 1. The van der Waals surface area contributed by atoms with Crippen LogP contribution in [0.4, 0.5) is 0 Å². The Hall–Kier alpha value is -3.06. The molecule has 2 rings (SSSR count). The fourth-order valence-electron chi connectivity index (χ4n) is 2.03. The number of rotatable bonds is 8. The van der Waals surface area contributed by atoms with Crippen LogP contribution in [0.25, 0.3) is 0 Å². The lowest BCUT2D eigenvalue weighted by Crippen LogP contribution is -2.25. The molecular formula is C19H20O7. The van der Waals surface area contributed by atoms with E-state index < -0.39 is 18.0 Å². The van der Waals surface area contributed by atoms with Crippen LogP contribution in [0.1, 0.15) is 20.7 Å². The van der Waals surface area contributed by atoms with Gasteiger partial charge in [-0.15, -0.1) is 0 Å². The Labute approximate surface area is 151 Å². The van der Waals surface area contributed by atoms with Crippen molar-refractivity contribution in [2.75, 3.05) is 27.4 Å². The summed E-state index contributed by atoms with van der Waals surface area (Å²) in [6.07, 6.45) is -0.988. The van der Waals surface area contributed by atoms with Gasteiger partial charge in [0.15, 0.2) is 0 Å². The van der Waals surface area contributed by atoms with Crippen LogP contribution in [-0.4, -0.2) is 50.6 Å². The third kappa shape index (κ3) is 5.49. The van der Waals surface area contributed by atoms with Crippen LogP contribution >= 0.6 is 0 Å². The molecule has 7 nitrogen and oxygen atoms in total. The maximum Gasteiger partial charge on any atom is 0.338 e. The lowest BCUT2D eigenvalue weighted by molar-refractivity contribution is 0.0130. The van der Waals surface area contributed by atoms with Crippen molar-refractivity contribution in [1.82, 2.24) is 0 Å². The van der Waals surface area contributed by atoms with E-state index in [1.165, 1.54) is 14.2 Å². The Balaban J connectivity index is 1.76. The highest BCUT2D eigenvalue weighted by Gasteiger charge is 2.12. The quantitative estimate of drug-likeness (QED) is 0.721. The molecule has 1 unspecified atom stereocenters. The standard InChI is InChI=1S/C19H20O7/c1-23-16-7-3-14(4-8-16)19(22)26-12-15(20)11-25-17-9-5-13(6-10-17)18(21)24-2/h3-10,15,20H,11-12H2,1-2H3. The van der Waals surface area contributed by atoms with Crippen LogP contribution in [0.15, 0.2) is 48.5 Å². The first-order valence-corrected chi connectivity index (χ1v) is 7.84. The lowest BCUT2D eigenvalue weighted by Gasteiger charge is -2.13. The molecule has 1 atom stereocenters. The van der Waals surface area contributed by atoms with Gasteiger partial charge < -0.3 is 24.1 Å². The molecule has 0 radical (unpaired) electrons. The highest BCUT2D eigenvalue weighted by molar-refractivity contribution is 5.89. The zero-order chi connectivity index (χ0) is 18.9. The number of methoxy groups -OCH3 is 2. The first kappa shape index (κ1) is 19.3. The Bertz CT molecular complexity index is 723. The van der Waals surface area contributed by atoms with Crippen LogP contribution < -0.4 is 9.47 Å². The summed E-state index contributed by atoms with van der Waals surface area (Å²) in [5.41, 5.74) is 0.756. The molecule has 7 heteroatoms. The highest BCUT2D eigenvalue weighted by Crippen LogP contribution is 2.14. The number of hydrogen-bond acceptors (Lipinski definition) is 7. The molecule has 0 amide bonds. The van der Waals surface area contributed by atoms with E-state index in [9.17, 15) is 14.7 Å². The second-order valence-electron chi connectivity index (χ2n) is 5.31. The monoisotopic (exact) mass is 360 g/mol. The van der Waals surface area contributed by atoms with Gasteiger partial charge in [0, 0.05) is 0 Å². The molecule has 0 saturated carbocycles. The number of carbonyl (C=O) groups is 2. The minimum absolute atomic E-state index is 0.0620. The van der Waals surface area contributed by atoms with Gasteiger partial charge in [0.05, 0.1) is 25.3 Å². The van der Waals surface area contributed by atoms with E-state index in [4.69, 9.17) is 14.2 Å². The summed E-state index contributed by atoms with van der Waals surface area (Å²) in [6, 6.07) is 12.7. The van der Waals surface area contributed by atoms with Gasteiger partial charge in [-0.25, -0.2) is 9.59 Å². The maximum absolute atomic E-state index is 11.9. The second-order valence-corrected chi connectivity index (χ2v) is 5.31. The normalized spacial score (nSPS) is 11.3. The van der Waals surface area contributed by atoms with E-state index in [1.54, 1.807) is 48.5 Å². The van der Waals surface area contributed by atoms with Gasteiger partial charge in [-0.2, -0.15) is 0 Å². The van der Waals surface area contributed by atoms with E-state index in [-0.39, 0.29) is 13.2 Å². The first-order chi connectivity index (χ1) is 12.5. The highest BCUT2D eigenvalue weighted by atomic mass is 16.5. The largest absolute Gasteiger partial charge is 0.497 e. The molecule has 0 aliphatic heterocycles. The van der Waals surface area contributed by atoms with Gasteiger partial charge in [-0.05, 0) is 48.5 Å². The van der Waals surface area contributed by atoms with Crippen molar-refractivity contribution in [2.45, 2.75) is 6.10 Å². The van der Waals surface area contributed by atoms with Crippen molar-refractivity contribution < 1.29 is 33.6 Å². The van der Waals surface area contributed by atoms with Crippen LogP contribution in [-0.2, 0) is 9.47 Å². The number of benzene rings is 2. The third-order valence-electron chi connectivity index (χ3n) is 3.45. The minimum atomic E-state index is -0.988. The molecule has 0 spiro atoms. The van der Waals surface area contributed by atoms with E-state index in [1.807, 2.05) is 0 Å². The molecule has 0 aliphatic rings. The van der Waals surface area contributed by atoms with Crippen molar-refractivity contribution in [1.29, 1.82) is 0 Å². The Kier molecular flexibility index (Phi) is 6.99. The summed E-state index contributed by atoms with van der Waals surface area (Å²) < 4.78 is 20.1. The summed E-state index contributed by atoms with van der Waals surface area (Å²) in [4.78, 5) is 23.2. The Morgan fingerprint density at radius 2 is 1.38 bits per heavy atom. The van der Waals surface area contributed by atoms with Crippen LogP contribution in [0.2, 0.25) is 0 Å². The zero-order valence-corrected chi connectivity index (χ0v) is 14.5. The molecule has 0 saturated heterocycles. The fraction of sp³-hybridized carbons (Fsp3) is 0.263. The number of hydrogen-bond donors (Lipinski definition) is 1. The maximum atomic E-state index is 11.9.